The molecule has 3 nitrogen and oxygen atoms in total. The number of alkyl carbamates (subject to hydrolysis) is 1. The van der Waals surface area contributed by atoms with Crippen molar-refractivity contribution in [2.24, 2.45) is 0 Å². The van der Waals surface area contributed by atoms with Crippen molar-refractivity contribution < 1.29 is 9.53 Å². The van der Waals surface area contributed by atoms with Gasteiger partial charge in [-0.25, -0.2) is 4.79 Å². The van der Waals surface area contributed by atoms with E-state index in [1.807, 2.05) is 31.2 Å². The van der Waals surface area contributed by atoms with E-state index in [0.717, 1.165) is 10.0 Å². The van der Waals surface area contributed by atoms with E-state index in [4.69, 9.17) is 4.74 Å². The van der Waals surface area contributed by atoms with Crippen LogP contribution < -0.4 is 5.32 Å². The van der Waals surface area contributed by atoms with Crippen LogP contribution in [0, 0.1) is 0 Å². The third kappa shape index (κ3) is 2.73. The molecule has 1 aromatic rings. The molecule has 14 heavy (non-hydrogen) atoms. The summed E-state index contributed by atoms with van der Waals surface area (Å²) in [5, 5.41) is 2.41. The van der Waals surface area contributed by atoms with Gasteiger partial charge in [-0.1, -0.05) is 34.1 Å². The molecule has 4 heteroatoms. The largest absolute Gasteiger partial charge is 0.442 e. The third-order valence-electron chi connectivity index (χ3n) is 1.83. The first kappa shape index (κ1) is 11.0. The van der Waals surface area contributed by atoms with E-state index < -0.39 is 6.09 Å². The summed E-state index contributed by atoms with van der Waals surface area (Å²) in [5.41, 5.74) is 0.955. The van der Waals surface area contributed by atoms with Gasteiger partial charge in [0.25, 0.3) is 0 Å². The summed E-state index contributed by atoms with van der Waals surface area (Å²) in [7, 11) is 1.54. The van der Waals surface area contributed by atoms with Gasteiger partial charge in [-0.15, -0.1) is 0 Å². The Bertz CT molecular complexity index is 328. The second-order valence-corrected chi connectivity index (χ2v) is 3.67. The first-order valence-corrected chi connectivity index (χ1v) is 5.07. The van der Waals surface area contributed by atoms with Crippen molar-refractivity contribution in [1.82, 2.24) is 5.32 Å². The Morgan fingerprint density at radius 2 is 2.14 bits per heavy atom. The Hall–Kier alpha value is -1.03. The summed E-state index contributed by atoms with van der Waals surface area (Å²) >= 11 is 3.40. The molecule has 0 aliphatic rings. The van der Waals surface area contributed by atoms with Crippen LogP contribution in [0.5, 0.6) is 0 Å². The minimum absolute atomic E-state index is 0.259. The van der Waals surface area contributed by atoms with Gasteiger partial charge in [-0.3, -0.25) is 0 Å². The fraction of sp³-hybridized carbons (Fsp3) is 0.300. The van der Waals surface area contributed by atoms with Crippen LogP contribution in [0.4, 0.5) is 4.79 Å². The molecular formula is C10H12BrNO2. The van der Waals surface area contributed by atoms with Gasteiger partial charge in [0.15, 0.2) is 0 Å². The van der Waals surface area contributed by atoms with Crippen LogP contribution in [0.1, 0.15) is 18.6 Å². The van der Waals surface area contributed by atoms with Crippen molar-refractivity contribution in [2.75, 3.05) is 7.05 Å². The van der Waals surface area contributed by atoms with Gasteiger partial charge in [0.2, 0.25) is 0 Å². The van der Waals surface area contributed by atoms with Gasteiger partial charge in [0.1, 0.15) is 6.10 Å². The summed E-state index contributed by atoms with van der Waals surface area (Å²) in [6.45, 7) is 1.83. The highest BCUT2D eigenvalue weighted by atomic mass is 79.9. The van der Waals surface area contributed by atoms with Crippen molar-refractivity contribution in [3.8, 4) is 0 Å². The second kappa shape index (κ2) is 5.00. The molecule has 1 aromatic carbocycles. The van der Waals surface area contributed by atoms with Crippen LogP contribution >= 0.6 is 15.9 Å². The molecular weight excluding hydrogens is 246 g/mol. The number of rotatable bonds is 2. The van der Waals surface area contributed by atoms with Crippen LogP contribution in [0.25, 0.3) is 0 Å². The fourth-order valence-corrected chi connectivity index (χ4v) is 1.69. The number of carbonyl (C=O) groups excluding carboxylic acids is 1. The number of hydrogen-bond acceptors (Lipinski definition) is 2. The average Bonchev–Trinajstić information content (AvgIpc) is 2.18. The minimum Gasteiger partial charge on any atom is -0.442 e. The van der Waals surface area contributed by atoms with Crippen LogP contribution in [0.2, 0.25) is 0 Å². The highest BCUT2D eigenvalue weighted by molar-refractivity contribution is 9.10. The van der Waals surface area contributed by atoms with Crippen molar-refractivity contribution in [2.45, 2.75) is 13.0 Å². The number of amides is 1. The van der Waals surface area contributed by atoms with Crippen LogP contribution in [-0.4, -0.2) is 13.1 Å². The lowest BCUT2D eigenvalue weighted by Crippen LogP contribution is -2.20. The molecule has 0 aliphatic heterocycles. The topological polar surface area (TPSA) is 38.3 Å². The fourth-order valence-electron chi connectivity index (χ4n) is 1.09. The summed E-state index contributed by atoms with van der Waals surface area (Å²) in [5.74, 6) is 0. The number of benzene rings is 1. The molecule has 0 saturated heterocycles. The highest BCUT2D eigenvalue weighted by Gasteiger charge is 2.12. The summed E-state index contributed by atoms with van der Waals surface area (Å²) in [6, 6.07) is 7.65. The normalized spacial score (nSPS) is 11.9. The Morgan fingerprint density at radius 1 is 1.50 bits per heavy atom. The third-order valence-corrected chi connectivity index (χ3v) is 2.55. The van der Waals surface area contributed by atoms with Crippen molar-refractivity contribution in [3.63, 3.8) is 0 Å². The maximum Gasteiger partial charge on any atom is 0.407 e. The molecule has 0 bridgehead atoms. The quantitative estimate of drug-likeness (QED) is 0.885. The van der Waals surface area contributed by atoms with Crippen LogP contribution in [0.15, 0.2) is 28.7 Å². The number of hydrogen-bond donors (Lipinski definition) is 1. The molecule has 1 rings (SSSR count). The first-order chi connectivity index (χ1) is 6.65. The van der Waals surface area contributed by atoms with Gasteiger partial charge in [0, 0.05) is 17.1 Å². The number of nitrogens with one attached hydrogen (secondary N) is 1. The summed E-state index contributed by atoms with van der Waals surface area (Å²) < 4.78 is 6.03. The molecule has 0 fully saturated rings. The Labute approximate surface area is 91.6 Å². The van der Waals surface area contributed by atoms with E-state index in [2.05, 4.69) is 21.2 Å². The van der Waals surface area contributed by atoms with Crippen molar-refractivity contribution in [1.29, 1.82) is 0 Å². The van der Waals surface area contributed by atoms with Gasteiger partial charge in [0.05, 0.1) is 0 Å². The molecule has 1 unspecified atom stereocenters. The molecule has 1 atom stereocenters. The van der Waals surface area contributed by atoms with Gasteiger partial charge >= 0.3 is 6.09 Å². The van der Waals surface area contributed by atoms with Gasteiger partial charge in [-0.2, -0.15) is 0 Å². The zero-order valence-electron chi connectivity index (χ0n) is 8.08. The lowest BCUT2D eigenvalue weighted by Gasteiger charge is -2.14. The monoisotopic (exact) mass is 257 g/mol. The zero-order chi connectivity index (χ0) is 10.6. The SMILES string of the molecule is CNC(=O)OC(C)c1ccccc1Br. The Balaban J connectivity index is 2.74. The van der Waals surface area contributed by atoms with Crippen LogP contribution in [0.3, 0.4) is 0 Å². The maximum absolute atomic E-state index is 11.0. The number of carbonyl (C=O) groups is 1. The molecule has 0 radical (unpaired) electrons. The Kier molecular flexibility index (Phi) is 3.95. The lowest BCUT2D eigenvalue weighted by molar-refractivity contribution is 0.109. The Morgan fingerprint density at radius 3 is 2.71 bits per heavy atom. The standard InChI is InChI=1S/C10H12BrNO2/c1-7(14-10(13)12-2)8-5-3-4-6-9(8)11/h3-7H,1-2H3,(H,12,13). The van der Waals surface area contributed by atoms with E-state index in [1.165, 1.54) is 7.05 Å². The maximum atomic E-state index is 11.0. The van der Waals surface area contributed by atoms with E-state index in [-0.39, 0.29) is 6.10 Å². The molecule has 0 saturated carbocycles. The number of ether oxygens (including phenoxy) is 1. The smallest absolute Gasteiger partial charge is 0.407 e. The minimum atomic E-state index is -0.423. The molecule has 0 aliphatic carbocycles. The molecule has 76 valence electrons. The predicted octanol–water partition coefficient (Wildman–Crippen LogP) is 2.87. The van der Waals surface area contributed by atoms with Crippen molar-refractivity contribution in [3.05, 3.63) is 34.3 Å². The summed E-state index contributed by atoms with van der Waals surface area (Å²) in [6.07, 6.45) is -0.682. The van der Waals surface area contributed by atoms with Gasteiger partial charge in [-0.05, 0) is 13.0 Å². The zero-order valence-corrected chi connectivity index (χ0v) is 9.67. The molecule has 0 spiro atoms. The van der Waals surface area contributed by atoms with E-state index in [1.54, 1.807) is 0 Å². The number of halogens is 1. The summed E-state index contributed by atoms with van der Waals surface area (Å²) in [4.78, 5) is 11.0. The van der Waals surface area contributed by atoms with E-state index >= 15 is 0 Å². The first-order valence-electron chi connectivity index (χ1n) is 4.28. The highest BCUT2D eigenvalue weighted by Crippen LogP contribution is 2.25. The molecule has 1 N–H and O–H groups in total. The average molecular weight is 258 g/mol. The second-order valence-electron chi connectivity index (χ2n) is 2.82. The van der Waals surface area contributed by atoms with Gasteiger partial charge < -0.3 is 10.1 Å². The van der Waals surface area contributed by atoms with Crippen LogP contribution in [-0.2, 0) is 4.74 Å². The molecule has 0 heterocycles. The van der Waals surface area contributed by atoms with E-state index in [0.29, 0.717) is 0 Å². The molecule has 1 amide bonds. The molecule has 0 aromatic heterocycles. The van der Waals surface area contributed by atoms with E-state index in [9.17, 15) is 4.79 Å². The van der Waals surface area contributed by atoms with Crippen molar-refractivity contribution >= 4 is 22.0 Å². The lowest BCUT2D eigenvalue weighted by atomic mass is 10.1. The predicted molar refractivity (Wildman–Crippen MR) is 58.1 cm³/mol.